The zero-order chi connectivity index (χ0) is 44.2. The molecule has 63 heavy (non-hydrogen) atoms. The smallest absolute Gasteiger partial charge is 0.252 e. The first-order valence-corrected chi connectivity index (χ1v) is 23.4. The van der Waals surface area contributed by atoms with E-state index in [4.69, 9.17) is 0 Å². The van der Waals surface area contributed by atoms with Crippen LogP contribution in [-0.4, -0.2) is 6.71 Å². The number of hydrogen-bond donors (Lipinski definition) is 0. The molecular weight excluding hydrogens is 761 g/mol. The lowest BCUT2D eigenvalue weighted by atomic mass is 9.33. The molecule has 0 fully saturated rings. The van der Waals surface area contributed by atoms with Gasteiger partial charge in [0.15, 0.2) is 0 Å². The molecule has 3 nitrogen and oxygen atoms in total. The Hall–Kier alpha value is -6.00. The minimum Gasteiger partial charge on any atom is -0.311 e. The third kappa shape index (κ3) is 8.10. The van der Waals surface area contributed by atoms with E-state index in [9.17, 15) is 0 Å². The van der Waals surface area contributed by atoms with Crippen LogP contribution in [0.25, 0.3) is 0 Å². The van der Waals surface area contributed by atoms with Crippen LogP contribution in [0, 0.1) is 20.8 Å². The Balaban J connectivity index is 1.31. The van der Waals surface area contributed by atoms with Gasteiger partial charge in [0.1, 0.15) is 0 Å². The zero-order valence-electron chi connectivity index (χ0n) is 39.3. The Morgan fingerprint density at radius 3 is 1.59 bits per heavy atom. The van der Waals surface area contributed by atoms with Crippen LogP contribution >= 0.6 is 0 Å². The monoisotopic (exact) mass is 826 g/mol. The summed E-state index contributed by atoms with van der Waals surface area (Å²) >= 11 is 0. The van der Waals surface area contributed by atoms with Gasteiger partial charge in [0.25, 0.3) is 6.71 Å². The van der Waals surface area contributed by atoms with Crippen molar-refractivity contribution >= 4 is 74.3 Å². The fourth-order valence-corrected chi connectivity index (χ4v) is 9.94. The summed E-state index contributed by atoms with van der Waals surface area (Å²) in [5.74, 6) is 0. The Labute approximate surface area is 378 Å². The summed E-state index contributed by atoms with van der Waals surface area (Å²) in [4.78, 5) is 7.56. The van der Waals surface area contributed by atoms with Crippen molar-refractivity contribution in [3.8, 4) is 0 Å². The summed E-state index contributed by atoms with van der Waals surface area (Å²) in [6.45, 7) is 22.9. The van der Waals surface area contributed by atoms with Crippen molar-refractivity contribution in [2.24, 2.45) is 0 Å². The average Bonchev–Trinajstić information content (AvgIpc) is 3.25. The maximum Gasteiger partial charge on any atom is 0.252 e. The molecule has 0 bridgehead atoms. The molecule has 2 heterocycles. The molecule has 0 radical (unpaired) electrons. The molecule has 0 saturated carbocycles. The van der Waals surface area contributed by atoms with E-state index in [0.29, 0.717) is 0 Å². The highest BCUT2D eigenvalue weighted by Gasteiger charge is 2.44. The van der Waals surface area contributed by atoms with Gasteiger partial charge in [-0.1, -0.05) is 134 Å². The van der Waals surface area contributed by atoms with Crippen molar-refractivity contribution in [1.82, 2.24) is 0 Å². The summed E-state index contributed by atoms with van der Waals surface area (Å²) in [6, 6.07) is 56.1. The summed E-state index contributed by atoms with van der Waals surface area (Å²) < 4.78 is 0. The average molecular weight is 826 g/mol. The quantitative estimate of drug-likeness (QED) is 0.100. The summed E-state index contributed by atoms with van der Waals surface area (Å²) in [7, 11) is 0. The van der Waals surface area contributed by atoms with Gasteiger partial charge in [0.05, 0.1) is 0 Å². The van der Waals surface area contributed by atoms with E-state index >= 15 is 0 Å². The van der Waals surface area contributed by atoms with E-state index in [0.717, 1.165) is 23.5 Å². The van der Waals surface area contributed by atoms with E-state index in [1.807, 2.05) is 0 Å². The number of hydrogen-bond acceptors (Lipinski definition) is 3. The first-order chi connectivity index (χ1) is 30.2. The summed E-state index contributed by atoms with van der Waals surface area (Å²) in [5.41, 5.74) is 22.7. The molecule has 0 spiro atoms. The molecule has 318 valence electrons. The molecule has 7 aromatic carbocycles. The molecule has 2 aliphatic rings. The first-order valence-electron chi connectivity index (χ1n) is 23.4. The Morgan fingerprint density at radius 2 is 1.02 bits per heavy atom. The largest absolute Gasteiger partial charge is 0.311 e. The molecule has 7 aromatic rings. The van der Waals surface area contributed by atoms with Crippen LogP contribution in [0.2, 0.25) is 0 Å². The normalized spacial score (nSPS) is 13.1. The van der Waals surface area contributed by atoms with E-state index in [1.54, 1.807) is 0 Å². The Kier molecular flexibility index (Phi) is 11.2. The molecule has 0 saturated heterocycles. The fourth-order valence-electron chi connectivity index (χ4n) is 9.94. The van der Waals surface area contributed by atoms with Gasteiger partial charge in [0.2, 0.25) is 0 Å². The molecule has 2 aliphatic heterocycles. The van der Waals surface area contributed by atoms with Gasteiger partial charge < -0.3 is 14.7 Å². The standard InChI is InChI=1S/C59H64BN3/c1-11-12-13-14-19-43-22-27-46(28-23-43)63-54-39-50(61(48-20-15-17-40(2)34-48)49-21-16-18-41(3)35-49)31-32-51(54)60-52-38-45(59(8,9)10)26-33-53(52)62(55-36-42(4)37-56(63)57(55)60)47-29-24-44(25-30-47)58(5,6)7/h15-18,20-39H,11-14,19H2,1-10H3. The van der Waals surface area contributed by atoms with Crippen LogP contribution in [-0.2, 0) is 17.3 Å². The third-order valence-corrected chi connectivity index (χ3v) is 13.3. The molecule has 0 amide bonds. The fraction of sp³-hybridized carbons (Fsp3) is 0.288. The molecule has 0 unspecified atom stereocenters. The number of aryl methyl sites for hydroxylation is 4. The van der Waals surface area contributed by atoms with Crippen molar-refractivity contribution in [3.63, 3.8) is 0 Å². The number of rotatable bonds is 10. The Morgan fingerprint density at radius 1 is 0.460 bits per heavy atom. The topological polar surface area (TPSA) is 9.72 Å². The van der Waals surface area contributed by atoms with E-state index in [-0.39, 0.29) is 17.5 Å². The van der Waals surface area contributed by atoms with Gasteiger partial charge >= 0.3 is 0 Å². The minimum atomic E-state index is -0.0155. The van der Waals surface area contributed by atoms with E-state index in [1.165, 1.54) is 110 Å². The molecular formula is C59H64BN3. The third-order valence-electron chi connectivity index (χ3n) is 13.3. The van der Waals surface area contributed by atoms with Crippen LogP contribution in [0.4, 0.5) is 51.2 Å². The summed E-state index contributed by atoms with van der Waals surface area (Å²) in [5, 5.41) is 0. The van der Waals surface area contributed by atoms with E-state index in [2.05, 4.69) is 230 Å². The predicted molar refractivity (Wildman–Crippen MR) is 275 cm³/mol. The van der Waals surface area contributed by atoms with Gasteiger partial charge in [-0.05, 0) is 173 Å². The van der Waals surface area contributed by atoms with Crippen molar-refractivity contribution < 1.29 is 0 Å². The van der Waals surface area contributed by atoms with Gasteiger partial charge in [-0.25, -0.2) is 0 Å². The van der Waals surface area contributed by atoms with Gasteiger partial charge in [-0.15, -0.1) is 0 Å². The van der Waals surface area contributed by atoms with Gasteiger partial charge in [-0.3, -0.25) is 0 Å². The van der Waals surface area contributed by atoms with Crippen molar-refractivity contribution in [3.05, 3.63) is 179 Å². The highest BCUT2D eigenvalue weighted by atomic mass is 15.2. The molecule has 9 rings (SSSR count). The highest BCUT2D eigenvalue weighted by molar-refractivity contribution is 7.00. The predicted octanol–water partition coefficient (Wildman–Crippen LogP) is 14.9. The van der Waals surface area contributed by atoms with Crippen LogP contribution in [0.1, 0.15) is 108 Å². The van der Waals surface area contributed by atoms with Crippen LogP contribution in [0.5, 0.6) is 0 Å². The van der Waals surface area contributed by atoms with Gasteiger partial charge in [0, 0.05) is 51.2 Å². The number of nitrogens with zero attached hydrogens (tertiary/aromatic N) is 3. The summed E-state index contributed by atoms with van der Waals surface area (Å²) in [6.07, 6.45) is 6.17. The number of unbranched alkanes of at least 4 members (excludes halogenated alkanes) is 3. The molecule has 4 heteroatoms. The minimum absolute atomic E-state index is 0.0155. The lowest BCUT2D eigenvalue weighted by Crippen LogP contribution is -2.61. The number of anilines is 9. The molecule has 0 atom stereocenters. The molecule has 0 N–H and O–H groups in total. The lowest BCUT2D eigenvalue weighted by Gasteiger charge is -2.45. The second-order valence-electron chi connectivity index (χ2n) is 20.4. The maximum absolute atomic E-state index is 2.58. The van der Waals surface area contributed by atoms with E-state index < -0.39 is 0 Å². The number of benzene rings is 7. The van der Waals surface area contributed by atoms with Crippen molar-refractivity contribution in [2.75, 3.05) is 14.7 Å². The molecule has 0 aliphatic carbocycles. The zero-order valence-corrected chi connectivity index (χ0v) is 39.3. The van der Waals surface area contributed by atoms with Crippen LogP contribution in [0.3, 0.4) is 0 Å². The maximum atomic E-state index is 2.58. The number of fused-ring (bicyclic) bond motifs is 4. The first kappa shape index (κ1) is 42.3. The van der Waals surface area contributed by atoms with Crippen molar-refractivity contribution in [1.29, 1.82) is 0 Å². The second-order valence-corrected chi connectivity index (χ2v) is 20.4. The van der Waals surface area contributed by atoms with Crippen molar-refractivity contribution in [2.45, 2.75) is 112 Å². The SMILES string of the molecule is CCCCCCc1ccc(N2c3cc(N(c4cccc(C)c4)c4cccc(C)c4)ccc3B3c4cc(C(C)(C)C)ccc4N(c4ccc(C(C)(C)C)cc4)c4cc(C)cc2c43)cc1. The van der Waals surface area contributed by atoms with Crippen LogP contribution < -0.4 is 31.1 Å². The van der Waals surface area contributed by atoms with Crippen LogP contribution in [0.15, 0.2) is 146 Å². The second kappa shape index (κ2) is 16.6. The Bertz CT molecular complexity index is 2740. The van der Waals surface area contributed by atoms with Gasteiger partial charge in [-0.2, -0.15) is 0 Å². The molecule has 0 aromatic heterocycles. The lowest BCUT2D eigenvalue weighted by molar-refractivity contribution is 0.590. The highest BCUT2D eigenvalue weighted by Crippen LogP contribution is 2.47.